The summed E-state index contributed by atoms with van der Waals surface area (Å²) in [6, 6.07) is 11.0. The van der Waals surface area contributed by atoms with Crippen molar-refractivity contribution in [2.24, 2.45) is 24.8 Å². The normalized spacial score (nSPS) is 22.8. The van der Waals surface area contributed by atoms with Crippen LogP contribution in [-0.2, 0) is 13.7 Å². The molecular formula is C22H24N2O3. The second kappa shape index (κ2) is 7.43. The lowest BCUT2D eigenvalue weighted by molar-refractivity contribution is 0.0935. The van der Waals surface area contributed by atoms with Gasteiger partial charge in [0.2, 0.25) is 5.43 Å². The van der Waals surface area contributed by atoms with Gasteiger partial charge in [-0.2, -0.15) is 0 Å². The predicted molar refractivity (Wildman–Crippen MR) is 104 cm³/mol. The largest absolute Gasteiger partial charge is 0.483 e. The van der Waals surface area contributed by atoms with Crippen molar-refractivity contribution in [2.75, 3.05) is 6.54 Å². The molecule has 1 amide bonds. The van der Waals surface area contributed by atoms with Crippen molar-refractivity contribution in [1.82, 2.24) is 9.88 Å². The number of ether oxygens (including phenoxy) is 1. The molecule has 1 aromatic heterocycles. The van der Waals surface area contributed by atoms with E-state index < -0.39 is 0 Å². The fourth-order valence-corrected chi connectivity index (χ4v) is 4.12. The van der Waals surface area contributed by atoms with Crippen molar-refractivity contribution >= 4 is 5.91 Å². The molecule has 2 aromatic rings. The molecule has 0 saturated heterocycles. The average molecular weight is 364 g/mol. The highest BCUT2D eigenvalue weighted by Crippen LogP contribution is 2.42. The quantitative estimate of drug-likeness (QED) is 0.802. The number of nitrogens with one attached hydrogen (secondary N) is 1. The minimum Gasteiger partial charge on any atom is -0.483 e. The van der Waals surface area contributed by atoms with Gasteiger partial charge >= 0.3 is 0 Å². The van der Waals surface area contributed by atoms with Gasteiger partial charge in [0.25, 0.3) is 5.91 Å². The molecule has 2 aliphatic carbocycles. The molecule has 1 heterocycles. The summed E-state index contributed by atoms with van der Waals surface area (Å²) in [4.78, 5) is 24.9. The van der Waals surface area contributed by atoms with Gasteiger partial charge < -0.3 is 14.6 Å². The molecule has 1 aromatic carbocycles. The lowest BCUT2D eigenvalue weighted by Gasteiger charge is -2.19. The van der Waals surface area contributed by atoms with E-state index in [0.29, 0.717) is 36.6 Å². The number of hydrogen-bond donors (Lipinski definition) is 1. The zero-order chi connectivity index (χ0) is 18.8. The van der Waals surface area contributed by atoms with Gasteiger partial charge in [-0.25, -0.2) is 0 Å². The Morgan fingerprint density at radius 3 is 2.74 bits per heavy atom. The Balaban J connectivity index is 1.39. The van der Waals surface area contributed by atoms with Crippen molar-refractivity contribution in [2.45, 2.75) is 19.4 Å². The van der Waals surface area contributed by atoms with E-state index in [-0.39, 0.29) is 17.1 Å². The number of allylic oxidation sites excluding steroid dienone is 2. The molecule has 1 saturated carbocycles. The molecule has 3 atom stereocenters. The van der Waals surface area contributed by atoms with Gasteiger partial charge in [0, 0.05) is 19.7 Å². The van der Waals surface area contributed by atoms with Crippen LogP contribution in [0.1, 0.15) is 28.9 Å². The third-order valence-electron chi connectivity index (χ3n) is 5.61. The van der Waals surface area contributed by atoms with Crippen LogP contribution in [0.25, 0.3) is 0 Å². The predicted octanol–water partition coefficient (Wildman–Crippen LogP) is 2.91. The monoisotopic (exact) mass is 364 g/mol. The maximum atomic E-state index is 12.5. The van der Waals surface area contributed by atoms with E-state index in [2.05, 4.69) is 17.5 Å². The van der Waals surface area contributed by atoms with E-state index >= 15 is 0 Å². The number of nitrogens with zero attached hydrogens (tertiary/aromatic N) is 1. The summed E-state index contributed by atoms with van der Waals surface area (Å²) in [6.45, 7) is 0.976. The fourth-order valence-electron chi connectivity index (χ4n) is 4.12. The minimum absolute atomic E-state index is 0.212. The van der Waals surface area contributed by atoms with Crippen LogP contribution < -0.4 is 15.5 Å². The topological polar surface area (TPSA) is 60.3 Å². The number of pyridine rings is 1. The van der Waals surface area contributed by atoms with Gasteiger partial charge in [0.1, 0.15) is 12.3 Å². The van der Waals surface area contributed by atoms with Crippen molar-refractivity contribution < 1.29 is 9.53 Å². The molecule has 140 valence electrons. The van der Waals surface area contributed by atoms with Crippen LogP contribution in [0.2, 0.25) is 0 Å². The Kier molecular flexibility index (Phi) is 4.84. The van der Waals surface area contributed by atoms with E-state index in [4.69, 9.17) is 4.74 Å². The van der Waals surface area contributed by atoms with Crippen LogP contribution >= 0.6 is 0 Å². The molecule has 4 rings (SSSR count). The molecule has 0 radical (unpaired) electrons. The second-order valence-corrected chi connectivity index (χ2v) is 7.52. The zero-order valence-electron chi connectivity index (χ0n) is 15.4. The third kappa shape index (κ3) is 3.82. The zero-order valence-corrected chi connectivity index (χ0v) is 15.4. The van der Waals surface area contributed by atoms with Crippen LogP contribution in [-0.4, -0.2) is 17.0 Å². The Morgan fingerprint density at radius 1 is 1.22 bits per heavy atom. The van der Waals surface area contributed by atoms with Crippen molar-refractivity contribution in [3.63, 3.8) is 0 Å². The molecule has 0 aliphatic heterocycles. The third-order valence-corrected chi connectivity index (χ3v) is 5.61. The van der Waals surface area contributed by atoms with E-state index in [1.807, 2.05) is 30.3 Å². The SMILES string of the molecule is Cn1cc(OCc2ccccc2)c(=O)cc1C(=O)NCC1CC2C=CC1C2. The van der Waals surface area contributed by atoms with Crippen molar-refractivity contribution in [1.29, 1.82) is 0 Å². The molecule has 5 nitrogen and oxygen atoms in total. The first-order chi connectivity index (χ1) is 13.1. The molecule has 1 N–H and O–H groups in total. The number of carbonyl (C=O) groups is 1. The lowest BCUT2D eigenvalue weighted by atomic mass is 9.93. The number of aryl methyl sites for hydroxylation is 1. The van der Waals surface area contributed by atoms with E-state index in [0.717, 1.165) is 12.0 Å². The highest BCUT2D eigenvalue weighted by atomic mass is 16.5. The lowest BCUT2D eigenvalue weighted by Crippen LogP contribution is -2.33. The first kappa shape index (κ1) is 17.6. The number of rotatable bonds is 6. The second-order valence-electron chi connectivity index (χ2n) is 7.52. The molecule has 1 fully saturated rings. The van der Waals surface area contributed by atoms with Gasteiger partial charge in [-0.1, -0.05) is 42.5 Å². The van der Waals surface area contributed by atoms with Crippen LogP contribution in [0.3, 0.4) is 0 Å². The van der Waals surface area contributed by atoms with E-state index in [1.165, 1.54) is 12.5 Å². The first-order valence-corrected chi connectivity index (χ1v) is 9.44. The van der Waals surface area contributed by atoms with Crippen molar-refractivity contribution in [3.8, 4) is 5.75 Å². The molecule has 0 spiro atoms. The average Bonchev–Trinajstić information content (AvgIpc) is 3.30. The van der Waals surface area contributed by atoms with Gasteiger partial charge in [-0.05, 0) is 36.2 Å². The number of amides is 1. The smallest absolute Gasteiger partial charge is 0.268 e. The number of carbonyl (C=O) groups excluding carboxylic acids is 1. The summed E-state index contributed by atoms with van der Waals surface area (Å²) < 4.78 is 7.29. The van der Waals surface area contributed by atoms with Gasteiger partial charge in [0.15, 0.2) is 5.75 Å². The summed E-state index contributed by atoms with van der Waals surface area (Å²) in [5.74, 6) is 1.82. The standard InChI is InChI=1S/C22H24N2O3/c1-24-13-21(27-14-15-5-3-2-4-6-15)20(25)11-19(24)22(26)23-12-18-10-16-7-8-17(18)9-16/h2-8,11,13,16-18H,9-10,12,14H2,1H3,(H,23,26). The van der Waals surface area contributed by atoms with E-state index in [1.54, 1.807) is 17.8 Å². The highest BCUT2D eigenvalue weighted by Gasteiger charge is 2.35. The Bertz CT molecular complexity index is 917. The maximum absolute atomic E-state index is 12.5. The van der Waals surface area contributed by atoms with Gasteiger partial charge in [0.05, 0.1) is 6.20 Å². The summed E-state index contributed by atoms with van der Waals surface area (Å²) >= 11 is 0. The van der Waals surface area contributed by atoms with Crippen LogP contribution in [0.4, 0.5) is 0 Å². The number of benzene rings is 1. The number of fused-ring (bicyclic) bond motifs is 2. The van der Waals surface area contributed by atoms with Gasteiger partial charge in [-0.15, -0.1) is 0 Å². The summed E-state index contributed by atoms with van der Waals surface area (Å²) in [7, 11) is 1.75. The number of aromatic nitrogens is 1. The van der Waals surface area contributed by atoms with Crippen LogP contribution in [0.15, 0.2) is 59.5 Å². The summed E-state index contributed by atoms with van der Waals surface area (Å²) in [5.41, 5.74) is 1.06. The molecular weight excluding hydrogens is 340 g/mol. The van der Waals surface area contributed by atoms with Gasteiger partial charge in [-0.3, -0.25) is 9.59 Å². The Labute approximate surface area is 158 Å². The maximum Gasteiger partial charge on any atom is 0.268 e. The molecule has 27 heavy (non-hydrogen) atoms. The Hall–Kier alpha value is -2.82. The first-order valence-electron chi connectivity index (χ1n) is 9.44. The molecule has 2 bridgehead atoms. The molecule has 5 heteroatoms. The minimum atomic E-state index is -0.281. The summed E-state index contributed by atoms with van der Waals surface area (Å²) in [6.07, 6.45) is 8.51. The van der Waals surface area contributed by atoms with E-state index in [9.17, 15) is 9.59 Å². The molecule has 2 aliphatic rings. The molecule has 3 unspecified atom stereocenters. The number of hydrogen-bond acceptors (Lipinski definition) is 3. The fraction of sp³-hybridized carbons (Fsp3) is 0.364. The summed E-state index contributed by atoms with van der Waals surface area (Å²) in [5, 5.41) is 3.00. The highest BCUT2D eigenvalue weighted by molar-refractivity contribution is 5.92. The van der Waals surface area contributed by atoms with Crippen LogP contribution in [0.5, 0.6) is 5.75 Å². The van der Waals surface area contributed by atoms with Crippen LogP contribution in [0, 0.1) is 17.8 Å². The van der Waals surface area contributed by atoms with Crippen molar-refractivity contribution in [3.05, 3.63) is 76.2 Å². The Morgan fingerprint density at radius 2 is 2.04 bits per heavy atom.